The van der Waals surface area contributed by atoms with Gasteiger partial charge in [0.15, 0.2) is 5.82 Å². The van der Waals surface area contributed by atoms with Gasteiger partial charge in [-0.2, -0.15) is 4.98 Å². The average Bonchev–Trinajstić information content (AvgIpc) is 2.86. The van der Waals surface area contributed by atoms with Crippen molar-refractivity contribution in [3.63, 3.8) is 0 Å². The van der Waals surface area contributed by atoms with Crippen molar-refractivity contribution < 1.29 is 4.52 Å². The Bertz CT molecular complexity index is 453. The molecule has 0 spiro atoms. The van der Waals surface area contributed by atoms with E-state index in [1.165, 1.54) is 0 Å². The zero-order valence-electron chi connectivity index (χ0n) is 14.2. The van der Waals surface area contributed by atoms with Gasteiger partial charge in [0, 0.05) is 32.1 Å². The lowest BCUT2D eigenvalue weighted by Gasteiger charge is -2.35. The van der Waals surface area contributed by atoms with Crippen LogP contribution in [-0.2, 0) is 6.42 Å². The fourth-order valence-electron chi connectivity index (χ4n) is 2.79. The van der Waals surface area contributed by atoms with E-state index in [-0.39, 0.29) is 11.5 Å². The van der Waals surface area contributed by atoms with E-state index in [1.807, 2.05) is 7.05 Å². The van der Waals surface area contributed by atoms with Crippen molar-refractivity contribution in [1.29, 1.82) is 0 Å². The molecule has 1 fully saturated rings. The summed E-state index contributed by atoms with van der Waals surface area (Å²) in [7, 11) is 6.24. The molecule has 0 bridgehead atoms. The third-order valence-electron chi connectivity index (χ3n) is 4.41. The Balaban J connectivity index is 2.07. The Morgan fingerprint density at radius 2 is 2.05 bits per heavy atom. The maximum atomic E-state index is 5.48. The smallest absolute Gasteiger partial charge is 0.228 e. The summed E-state index contributed by atoms with van der Waals surface area (Å²) in [5.74, 6) is 1.53. The number of hydrogen-bond acceptors (Lipinski definition) is 6. The zero-order chi connectivity index (χ0) is 15.6. The normalized spacial score (nSPS) is 23.4. The summed E-state index contributed by atoms with van der Waals surface area (Å²) >= 11 is 0. The summed E-state index contributed by atoms with van der Waals surface area (Å²) in [6.07, 6.45) is 0.763. The van der Waals surface area contributed by atoms with Gasteiger partial charge in [0.05, 0.1) is 6.04 Å². The molecule has 1 aliphatic rings. The zero-order valence-corrected chi connectivity index (χ0v) is 14.2. The second kappa shape index (κ2) is 6.42. The summed E-state index contributed by atoms with van der Waals surface area (Å²) in [5, 5.41) is 7.56. The molecule has 0 saturated carbocycles. The Hall–Kier alpha value is -0.980. The van der Waals surface area contributed by atoms with Crippen molar-refractivity contribution in [2.75, 3.05) is 40.8 Å². The molecule has 0 radical (unpaired) electrons. The second-order valence-electron chi connectivity index (χ2n) is 7.22. The summed E-state index contributed by atoms with van der Waals surface area (Å²) in [5.41, 5.74) is 0.158. The minimum absolute atomic E-state index is 0.158. The van der Waals surface area contributed by atoms with E-state index in [1.54, 1.807) is 0 Å². The van der Waals surface area contributed by atoms with Crippen LogP contribution in [0.5, 0.6) is 0 Å². The summed E-state index contributed by atoms with van der Waals surface area (Å²) in [4.78, 5) is 9.25. The maximum Gasteiger partial charge on any atom is 0.228 e. The minimum Gasteiger partial charge on any atom is -0.339 e. The third-order valence-corrected chi connectivity index (χ3v) is 4.41. The van der Waals surface area contributed by atoms with Gasteiger partial charge in [0.25, 0.3) is 0 Å². The van der Waals surface area contributed by atoms with Crippen molar-refractivity contribution in [3.8, 4) is 0 Å². The van der Waals surface area contributed by atoms with Crippen LogP contribution in [0, 0.1) is 5.41 Å². The SMILES string of the molecule is CNC(Cc1nc(C2CN(C)CCN2C)no1)C(C)(C)C. The predicted molar refractivity (Wildman–Crippen MR) is 83.2 cm³/mol. The van der Waals surface area contributed by atoms with E-state index >= 15 is 0 Å². The molecule has 2 rings (SSSR count). The fourth-order valence-corrected chi connectivity index (χ4v) is 2.79. The molecule has 1 saturated heterocycles. The highest BCUT2D eigenvalue weighted by Gasteiger charge is 2.29. The first kappa shape index (κ1) is 16.4. The minimum atomic E-state index is 0.158. The van der Waals surface area contributed by atoms with Crippen LogP contribution in [0.4, 0.5) is 0 Å². The average molecular weight is 295 g/mol. The Morgan fingerprint density at radius 1 is 1.33 bits per heavy atom. The van der Waals surface area contributed by atoms with Crippen molar-refractivity contribution in [2.45, 2.75) is 39.3 Å². The van der Waals surface area contributed by atoms with Crippen LogP contribution < -0.4 is 5.32 Å². The lowest BCUT2D eigenvalue weighted by molar-refractivity contribution is 0.108. The van der Waals surface area contributed by atoms with Crippen LogP contribution in [0.15, 0.2) is 4.52 Å². The lowest BCUT2D eigenvalue weighted by Crippen LogP contribution is -2.45. The highest BCUT2D eigenvalue weighted by Crippen LogP contribution is 2.24. The molecule has 1 N–H and O–H groups in total. The molecule has 21 heavy (non-hydrogen) atoms. The van der Waals surface area contributed by atoms with E-state index in [9.17, 15) is 0 Å². The van der Waals surface area contributed by atoms with Crippen LogP contribution in [-0.4, -0.2) is 66.8 Å². The largest absolute Gasteiger partial charge is 0.339 e. The van der Waals surface area contributed by atoms with E-state index in [0.29, 0.717) is 6.04 Å². The number of rotatable bonds is 4. The van der Waals surface area contributed by atoms with E-state index in [0.717, 1.165) is 37.8 Å². The first-order valence-corrected chi connectivity index (χ1v) is 7.69. The molecule has 1 aromatic rings. The van der Waals surface area contributed by atoms with Gasteiger partial charge in [-0.15, -0.1) is 0 Å². The van der Waals surface area contributed by atoms with Crippen molar-refractivity contribution in [3.05, 3.63) is 11.7 Å². The van der Waals surface area contributed by atoms with Crippen LogP contribution in [0.25, 0.3) is 0 Å². The quantitative estimate of drug-likeness (QED) is 0.900. The van der Waals surface area contributed by atoms with Crippen molar-refractivity contribution in [1.82, 2.24) is 25.3 Å². The highest BCUT2D eigenvalue weighted by atomic mass is 16.5. The molecule has 2 heterocycles. The van der Waals surface area contributed by atoms with Crippen molar-refractivity contribution in [2.24, 2.45) is 5.41 Å². The number of hydrogen-bond donors (Lipinski definition) is 1. The Labute approximate surface area is 127 Å². The molecule has 120 valence electrons. The maximum absolute atomic E-state index is 5.48. The van der Waals surface area contributed by atoms with E-state index < -0.39 is 0 Å². The topological polar surface area (TPSA) is 57.4 Å². The standard InChI is InChI=1S/C15H29N5O/c1-15(2,3)12(16-4)9-13-17-14(18-21-13)11-10-19(5)7-8-20(11)6/h11-12,16H,7-10H2,1-6H3. The van der Waals surface area contributed by atoms with E-state index in [2.05, 4.69) is 60.1 Å². The lowest BCUT2D eigenvalue weighted by atomic mass is 9.85. The van der Waals surface area contributed by atoms with Gasteiger partial charge in [-0.1, -0.05) is 25.9 Å². The van der Waals surface area contributed by atoms with Crippen LogP contribution >= 0.6 is 0 Å². The molecule has 0 aromatic carbocycles. The predicted octanol–water partition coefficient (Wildman–Crippen LogP) is 1.16. The van der Waals surface area contributed by atoms with Gasteiger partial charge < -0.3 is 14.7 Å². The highest BCUT2D eigenvalue weighted by molar-refractivity contribution is 5.00. The Morgan fingerprint density at radius 3 is 2.67 bits per heavy atom. The molecule has 2 atom stereocenters. The third kappa shape index (κ3) is 4.02. The first-order chi connectivity index (χ1) is 9.81. The summed E-state index contributed by atoms with van der Waals surface area (Å²) in [6, 6.07) is 0.543. The van der Waals surface area contributed by atoms with Crippen LogP contribution in [0.1, 0.15) is 38.5 Å². The van der Waals surface area contributed by atoms with Gasteiger partial charge >= 0.3 is 0 Å². The monoisotopic (exact) mass is 295 g/mol. The van der Waals surface area contributed by atoms with Gasteiger partial charge in [-0.05, 0) is 26.6 Å². The molecule has 0 amide bonds. The molecule has 1 aliphatic heterocycles. The first-order valence-electron chi connectivity index (χ1n) is 7.69. The molecular formula is C15H29N5O. The van der Waals surface area contributed by atoms with Gasteiger partial charge in [0.2, 0.25) is 5.89 Å². The van der Waals surface area contributed by atoms with Crippen LogP contribution in [0.3, 0.4) is 0 Å². The van der Waals surface area contributed by atoms with Gasteiger partial charge in [-0.25, -0.2) is 0 Å². The molecule has 0 aliphatic carbocycles. The second-order valence-corrected chi connectivity index (χ2v) is 7.22. The molecular weight excluding hydrogens is 266 g/mol. The van der Waals surface area contributed by atoms with Crippen molar-refractivity contribution >= 4 is 0 Å². The molecule has 6 heteroatoms. The van der Waals surface area contributed by atoms with Crippen LogP contribution in [0.2, 0.25) is 0 Å². The Kier molecular flexibility index (Phi) is 5.01. The number of nitrogens with one attached hydrogen (secondary N) is 1. The number of aromatic nitrogens is 2. The fraction of sp³-hybridized carbons (Fsp3) is 0.867. The summed E-state index contributed by atoms with van der Waals surface area (Å²) in [6.45, 7) is 9.72. The van der Waals surface area contributed by atoms with Gasteiger partial charge in [0.1, 0.15) is 0 Å². The number of piperazine rings is 1. The molecule has 2 unspecified atom stereocenters. The molecule has 6 nitrogen and oxygen atoms in total. The summed E-state index contributed by atoms with van der Waals surface area (Å²) < 4.78 is 5.48. The van der Waals surface area contributed by atoms with Gasteiger partial charge in [-0.3, -0.25) is 4.90 Å². The van der Waals surface area contributed by atoms with E-state index in [4.69, 9.17) is 4.52 Å². The number of nitrogens with zero attached hydrogens (tertiary/aromatic N) is 4. The molecule has 1 aromatic heterocycles. The number of likely N-dealkylation sites (N-methyl/N-ethyl adjacent to an activating group) is 3.